The Hall–Kier alpha value is -1.71. The van der Waals surface area contributed by atoms with E-state index in [2.05, 4.69) is 37.4 Å². The predicted molar refractivity (Wildman–Crippen MR) is 89.4 cm³/mol. The highest BCUT2D eigenvalue weighted by Gasteiger charge is 2.19. The first-order valence-corrected chi connectivity index (χ1v) is 7.95. The molecule has 2 aromatic heterocycles. The monoisotopic (exact) mass is 317 g/mol. The molecular weight excluding hydrogens is 302 g/mol. The summed E-state index contributed by atoms with van der Waals surface area (Å²) in [6, 6.07) is 14.2. The van der Waals surface area contributed by atoms with Crippen molar-refractivity contribution in [1.82, 2.24) is 0 Å². The molecule has 2 nitrogen and oxygen atoms in total. The molecule has 0 amide bonds. The fourth-order valence-corrected chi connectivity index (χ4v) is 3.34. The minimum absolute atomic E-state index is 0.0281. The zero-order valence-electron chi connectivity index (χ0n) is 11.9. The lowest BCUT2D eigenvalue weighted by atomic mass is 10.1. The zero-order valence-corrected chi connectivity index (χ0v) is 13.5. The zero-order chi connectivity index (χ0) is 14.8. The molecule has 1 atom stereocenters. The maximum Gasteiger partial charge on any atom is 0.131 e. The minimum atomic E-state index is -0.0281. The van der Waals surface area contributed by atoms with Gasteiger partial charge in [0.2, 0.25) is 0 Å². The molecule has 108 valence electrons. The Balaban J connectivity index is 1.94. The van der Waals surface area contributed by atoms with Crippen molar-refractivity contribution in [2.75, 3.05) is 5.32 Å². The molecule has 3 aromatic rings. The molecule has 0 fully saturated rings. The highest BCUT2D eigenvalue weighted by Crippen LogP contribution is 2.34. The third-order valence-corrected chi connectivity index (χ3v) is 4.82. The number of anilines is 1. The first-order chi connectivity index (χ1) is 10.1. The van der Waals surface area contributed by atoms with Crippen LogP contribution < -0.4 is 5.32 Å². The largest absolute Gasteiger partial charge is 0.467 e. The summed E-state index contributed by atoms with van der Waals surface area (Å²) in [5.74, 6) is 0.881. The van der Waals surface area contributed by atoms with E-state index < -0.39 is 0 Å². The van der Waals surface area contributed by atoms with Gasteiger partial charge in [-0.3, -0.25) is 0 Å². The molecule has 21 heavy (non-hydrogen) atoms. The van der Waals surface area contributed by atoms with Crippen LogP contribution in [0.4, 0.5) is 5.69 Å². The Bertz CT molecular complexity index is 733. The van der Waals surface area contributed by atoms with E-state index in [9.17, 15) is 0 Å². The van der Waals surface area contributed by atoms with Crippen molar-refractivity contribution in [2.45, 2.75) is 19.9 Å². The van der Waals surface area contributed by atoms with Gasteiger partial charge in [-0.15, -0.1) is 11.3 Å². The number of hydrogen-bond acceptors (Lipinski definition) is 3. The molecule has 1 N–H and O–H groups in total. The molecule has 3 rings (SSSR count). The quantitative estimate of drug-likeness (QED) is 0.656. The van der Waals surface area contributed by atoms with Crippen LogP contribution in [0.15, 0.2) is 53.1 Å². The number of furan rings is 1. The van der Waals surface area contributed by atoms with Crippen molar-refractivity contribution in [3.63, 3.8) is 0 Å². The fraction of sp³-hybridized carbons (Fsp3) is 0.176. The molecule has 1 aromatic carbocycles. The van der Waals surface area contributed by atoms with Crippen LogP contribution >= 0.6 is 22.9 Å². The number of thiophene rings is 1. The summed E-state index contributed by atoms with van der Waals surface area (Å²) in [7, 11) is 0. The van der Waals surface area contributed by atoms with Crippen molar-refractivity contribution >= 4 is 28.6 Å². The smallest absolute Gasteiger partial charge is 0.131 e. The van der Waals surface area contributed by atoms with E-state index in [0.29, 0.717) is 0 Å². The Kier molecular flexibility index (Phi) is 4.04. The van der Waals surface area contributed by atoms with Gasteiger partial charge in [-0.05, 0) is 61.4 Å². The average Bonchev–Trinajstić information content (AvgIpc) is 3.11. The molecule has 0 radical (unpaired) electrons. The maximum atomic E-state index is 6.07. The van der Waals surface area contributed by atoms with E-state index in [0.717, 1.165) is 20.7 Å². The van der Waals surface area contributed by atoms with Gasteiger partial charge >= 0.3 is 0 Å². The number of halogens is 1. The molecule has 0 saturated heterocycles. The normalized spacial score (nSPS) is 12.3. The second-order valence-electron chi connectivity index (χ2n) is 5.03. The van der Waals surface area contributed by atoms with Crippen LogP contribution in [0.5, 0.6) is 0 Å². The maximum absolute atomic E-state index is 6.07. The van der Waals surface area contributed by atoms with E-state index in [1.165, 1.54) is 11.1 Å². The number of aryl methyl sites for hydroxylation is 2. The third-order valence-electron chi connectivity index (χ3n) is 3.52. The van der Waals surface area contributed by atoms with Gasteiger partial charge in [-0.2, -0.15) is 0 Å². The van der Waals surface area contributed by atoms with Gasteiger partial charge in [0.25, 0.3) is 0 Å². The van der Waals surface area contributed by atoms with Crippen molar-refractivity contribution in [1.29, 1.82) is 0 Å². The number of rotatable bonds is 4. The lowest BCUT2D eigenvalue weighted by Gasteiger charge is -2.17. The van der Waals surface area contributed by atoms with E-state index in [1.807, 2.05) is 24.3 Å². The van der Waals surface area contributed by atoms with Gasteiger partial charge in [-0.25, -0.2) is 0 Å². The van der Waals surface area contributed by atoms with Crippen LogP contribution in [-0.2, 0) is 0 Å². The molecule has 4 heteroatoms. The summed E-state index contributed by atoms with van der Waals surface area (Å²) in [5, 5.41) is 3.54. The number of nitrogens with one attached hydrogen (secondary N) is 1. The first-order valence-electron chi connectivity index (χ1n) is 6.76. The minimum Gasteiger partial charge on any atom is -0.467 e. The standard InChI is InChI=1S/C17H16ClNOS/c1-11-5-6-13(10-12(11)2)19-17(14-4-3-9-20-14)15-7-8-16(18)21-15/h3-10,17,19H,1-2H3. The highest BCUT2D eigenvalue weighted by atomic mass is 35.5. The Morgan fingerprint density at radius 3 is 2.57 bits per heavy atom. The van der Waals surface area contributed by atoms with Gasteiger partial charge in [0, 0.05) is 10.6 Å². The van der Waals surface area contributed by atoms with E-state index in [1.54, 1.807) is 17.6 Å². The molecule has 0 spiro atoms. The second-order valence-corrected chi connectivity index (χ2v) is 6.78. The topological polar surface area (TPSA) is 25.2 Å². The summed E-state index contributed by atoms with van der Waals surface area (Å²) in [6.45, 7) is 4.23. The van der Waals surface area contributed by atoms with Crippen molar-refractivity contribution in [3.8, 4) is 0 Å². The molecule has 1 unspecified atom stereocenters. The Labute approximate surface area is 133 Å². The molecular formula is C17H16ClNOS. The summed E-state index contributed by atoms with van der Waals surface area (Å²) >= 11 is 7.64. The first kappa shape index (κ1) is 14.2. The molecule has 0 aliphatic carbocycles. The van der Waals surface area contributed by atoms with Gasteiger partial charge < -0.3 is 9.73 Å². The number of benzene rings is 1. The molecule has 0 aliphatic heterocycles. The highest BCUT2D eigenvalue weighted by molar-refractivity contribution is 7.16. The lowest BCUT2D eigenvalue weighted by Crippen LogP contribution is -2.10. The van der Waals surface area contributed by atoms with Gasteiger partial charge in [-0.1, -0.05) is 17.7 Å². The van der Waals surface area contributed by atoms with Crippen molar-refractivity contribution in [2.24, 2.45) is 0 Å². The predicted octanol–water partition coefficient (Wildman–Crippen LogP) is 5.81. The van der Waals surface area contributed by atoms with E-state index in [4.69, 9.17) is 16.0 Å². The lowest BCUT2D eigenvalue weighted by molar-refractivity contribution is 0.501. The SMILES string of the molecule is Cc1ccc(NC(c2ccco2)c2ccc(Cl)s2)cc1C. The van der Waals surface area contributed by atoms with Crippen LogP contribution in [0.3, 0.4) is 0 Å². The van der Waals surface area contributed by atoms with Gasteiger partial charge in [0.05, 0.1) is 10.6 Å². The Morgan fingerprint density at radius 1 is 1.10 bits per heavy atom. The molecule has 0 saturated carbocycles. The number of hydrogen-bond donors (Lipinski definition) is 1. The van der Waals surface area contributed by atoms with Crippen molar-refractivity contribution < 1.29 is 4.42 Å². The molecule has 0 bridgehead atoms. The van der Waals surface area contributed by atoms with Crippen molar-refractivity contribution in [3.05, 3.63) is 74.8 Å². The third kappa shape index (κ3) is 3.14. The molecule has 2 heterocycles. The second kappa shape index (κ2) is 5.96. The van der Waals surface area contributed by atoms with E-state index in [-0.39, 0.29) is 6.04 Å². The van der Waals surface area contributed by atoms with Gasteiger partial charge in [0.15, 0.2) is 0 Å². The van der Waals surface area contributed by atoms with Gasteiger partial charge in [0.1, 0.15) is 11.8 Å². The molecule has 0 aliphatic rings. The average molecular weight is 318 g/mol. The summed E-state index contributed by atoms with van der Waals surface area (Å²) in [4.78, 5) is 1.13. The van der Waals surface area contributed by atoms with E-state index >= 15 is 0 Å². The van der Waals surface area contributed by atoms with Crippen LogP contribution in [0.25, 0.3) is 0 Å². The summed E-state index contributed by atoms with van der Waals surface area (Å²) < 4.78 is 6.37. The van der Waals surface area contributed by atoms with Crippen LogP contribution in [0.2, 0.25) is 4.34 Å². The Morgan fingerprint density at radius 2 is 1.95 bits per heavy atom. The summed E-state index contributed by atoms with van der Waals surface area (Å²) in [5.41, 5.74) is 3.63. The summed E-state index contributed by atoms with van der Waals surface area (Å²) in [6.07, 6.45) is 1.69. The van der Waals surface area contributed by atoms with Crippen LogP contribution in [0, 0.1) is 13.8 Å². The van der Waals surface area contributed by atoms with Crippen LogP contribution in [-0.4, -0.2) is 0 Å². The van der Waals surface area contributed by atoms with Crippen LogP contribution in [0.1, 0.15) is 27.8 Å². The fourth-order valence-electron chi connectivity index (χ4n) is 2.22.